The molecule has 3 heterocycles. The maximum absolute atomic E-state index is 13.3. The first-order valence-corrected chi connectivity index (χ1v) is 10.6. The van der Waals surface area contributed by atoms with Gasteiger partial charge in [0.2, 0.25) is 0 Å². The van der Waals surface area contributed by atoms with E-state index in [1.165, 1.54) is 28.6 Å². The van der Waals surface area contributed by atoms with Gasteiger partial charge < -0.3 is 13.9 Å². The molecule has 0 atom stereocenters. The van der Waals surface area contributed by atoms with Crippen LogP contribution in [0.5, 0.6) is 0 Å². The standard InChI is InChI=1S/C21H21FN6OS/c1-12-9-15(11-27(3)21(12)29)18-24-19(26-30-4)17-20(25-18)28(13(2)23-17)10-14-5-7-16(22)8-6-14/h5-9,11H,10H2,1-4H3,(H,24,25,26). The van der Waals surface area contributed by atoms with Gasteiger partial charge in [-0.25, -0.2) is 19.3 Å². The third-order valence-corrected chi connectivity index (χ3v) is 5.26. The Bertz CT molecular complexity index is 1270. The van der Waals surface area contributed by atoms with Crippen LogP contribution in [0.15, 0.2) is 41.3 Å². The summed E-state index contributed by atoms with van der Waals surface area (Å²) in [4.78, 5) is 26.2. The second kappa shape index (κ2) is 7.91. The minimum Gasteiger partial charge on any atom is -0.318 e. The van der Waals surface area contributed by atoms with Gasteiger partial charge in [0.25, 0.3) is 5.56 Å². The Kier molecular flexibility index (Phi) is 5.29. The van der Waals surface area contributed by atoms with Crippen molar-refractivity contribution in [2.24, 2.45) is 7.05 Å². The highest BCUT2D eigenvalue weighted by molar-refractivity contribution is 7.99. The number of imidazole rings is 1. The third kappa shape index (κ3) is 3.68. The number of anilines is 1. The van der Waals surface area contributed by atoms with E-state index >= 15 is 0 Å². The third-order valence-electron chi connectivity index (χ3n) is 4.86. The molecule has 0 aliphatic heterocycles. The highest BCUT2D eigenvalue weighted by Crippen LogP contribution is 2.27. The number of nitrogens with zero attached hydrogens (tertiary/aromatic N) is 5. The van der Waals surface area contributed by atoms with E-state index in [2.05, 4.69) is 14.7 Å². The van der Waals surface area contributed by atoms with Gasteiger partial charge in [0.15, 0.2) is 22.8 Å². The first-order chi connectivity index (χ1) is 14.4. The van der Waals surface area contributed by atoms with E-state index in [1.54, 1.807) is 38.4 Å². The lowest BCUT2D eigenvalue weighted by Gasteiger charge is -2.10. The van der Waals surface area contributed by atoms with Crippen LogP contribution in [0.1, 0.15) is 17.0 Å². The first-order valence-electron chi connectivity index (χ1n) is 9.33. The Labute approximate surface area is 177 Å². The average molecular weight is 425 g/mol. The molecule has 30 heavy (non-hydrogen) atoms. The van der Waals surface area contributed by atoms with E-state index in [4.69, 9.17) is 4.98 Å². The van der Waals surface area contributed by atoms with E-state index in [0.29, 0.717) is 34.9 Å². The van der Waals surface area contributed by atoms with E-state index in [9.17, 15) is 9.18 Å². The predicted octanol–water partition coefficient (Wildman–Crippen LogP) is 3.69. The zero-order chi connectivity index (χ0) is 21.4. The molecule has 3 aromatic heterocycles. The molecule has 4 aromatic rings. The van der Waals surface area contributed by atoms with Gasteiger partial charge in [0.1, 0.15) is 11.6 Å². The number of pyridine rings is 1. The van der Waals surface area contributed by atoms with Crippen LogP contribution in [0.2, 0.25) is 0 Å². The molecule has 1 N–H and O–H groups in total. The molecule has 0 aliphatic rings. The number of rotatable bonds is 5. The molecule has 0 fully saturated rings. The van der Waals surface area contributed by atoms with Gasteiger partial charge in [-0.05, 0) is 37.6 Å². The minimum atomic E-state index is -0.271. The molecule has 0 radical (unpaired) electrons. The summed E-state index contributed by atoms with van der Waals surface area (Å²) in [5, 5.41) is 0. The lowest BCUT2D eigenvalue weighted by molar-refractivity contribution is 0.626. The lowest BCUT2D eigenvalue weighted by Crippen LogP contribution is -2.18. The number of aryl methyl sites for hydroxylation is 3. The Morgan fingerprint density at radius 1 is 1.13 bits per heavy atom. The summed E-state index contributed by atoms with van der Waals surface area (Å²) in [5.41, 5.74) is 3.58. The maximum Gasteiger partial charge on any atom is 0.253 e. The molecule has 0 aliphatic carbocycles. The molecule has 4 rings (SSSR count). The van der Waals surface area contributed by atoms with Crippen molar-refractivity contribution >= 4 is 28.9 Å². The van der Waals surface area contributed by atoms with E-state index in [0.717, 1.165) is 17.0 Å². The van der Waals surface area contributed by atoms with Crippen molar-refractivity contribution in [1.82, 2.24) is 24.1 Å². The molecule has 0 bridgehead atoms. The number of benzene rings is 1. The fourth-order valence-electron chi connectivity index (χ4n) is 3.37. The molecule has 7 nitrogen and oxygen atoms in total. The normalized spacial score (nSPS) is 11.2. The zero-order valence-corrected chi connectivity index (χ0v) is 17.9. The van der Waals surface area contributed by atoms with Crippen molar-refractivity contribution in [3.63, 3.8) is 0 Å². The summed E-state index contributed by atoms with van der Waals surface area (Å²) in [7, 11) is 1.71. The molecule has 0 saturated heterocycles. The second-order valence-corrected chi connectivity index (χ2v) is 7.69. The van der Waals surface area contributed by atoms with Crippen LogP contribution in [0, 0.1) is 19.7 Å². The quantitative estimate of drug-likeness (QED) is 0.493. The highest BCUT2D eigenvalue weighted by atomic mass is 32.2. The predicted molar refractivity (Wildman–Crippen MR) is 118 cm³/mol. The zero-order valence-electron chi connectivity index (χ0n) is 17.1. The van der Waals surface area contributed by atoms with E-state index < -0.39 is 0 Å². The Balaban J connectivity index is 1.91. The molecule has 9 heteroatoms. The van der Waals surface area contributed by atoms with Gasteiger partial charge in [-0.1, -0.05) is 24.1 Å². The monoisotopic (exact) mass is 424 g/mol. The summed E-state index contributed by atoms with van der Waals surface area (Å²) in [6, 6.07) is 8.18. The van der Waals surface area contributed by atoms with E-state index in [1.807, 2.05) is 17.7 Å². The van der Waals surface area contributed by atoms with Crippen molar-refractivity contribution in [3.8, 4) is 11.4 Å². The summed E-state index contributed by atoms with van der Waals surface area (Å²) >= 11 is 1.42. The number of hydrogen-bond donors (Lipinski definition) is 1. The van der Waals surface area contributed by atoms with Crippen LogP contribution < -0.4 is 10.3 Å². The number of hydrogen-bond acceptors (Lipinski definition) is 6. The molecule has 1 aromatic carbocycles. The van der Waals surface area contributed by atoms with Gasteiger partial charge in [-0.2, -0.15) is 0 Å². The van der Waals surface area contributed by atoms with Crippen LogP contribution >= 0.6 is 11.9 Å². The number of fused-ring (bicyclic) bond motifs is 1. The largest absolute Gasteiger partial charge is 0.318 e. The summed E-state index contributed by atoms with van der Waals surface area (Å²) in [5.74, 6) is 1.61. The maximum atomic E-state index is 13.3. The Morgan fingerprint density at radius 2 is 1.87 bits per heavy atom. The lowest BCUT2D eigenvalue weighted by atomic mass is 10.2. The van der Waals surface area contributed by atoms with Crippen molar-refractivity contribution < 1.29 is 4.39 Å². The van der Waals surface area contributed by atoms with Gasteiger partial charge in [-0.15, -0.1) is 0 Å². The molecule has 0 spiro atoms. The van der Waals surface area contributed by atoms with Crippen LogP contribution in [-0.2, 0) is 13.6 Å². The molecule has 0 saturated carbocycles. The fourth-order valence-corrected chi connectivity index (χ4v) is 3.70. The molecule has 0 unspecified atom stereocenters. The summed E-state index contributed by atoms with van der Waals surface area (Å²) in [6.45, 7) is 4.18. The Hall–Kier alpha value is -3.20. The summed E-state index contributed by atoms with van der Waals surface area (Å²) in [6.07, 6.45) is 3.64. The topological polar surface area (TPSA) is 77.6 Å². The van der Waals surface area contributed by atoms with Crippen LogP contribution in [0.3, 0.4) is 0 Å². The second-order valence-electron chi connectivity index (χ2n) is 7.07. The summed E-state index contributed by atoms with van der Waals surface area (Å²) < 4.78 is 20.0. The SMILES string of the molecule is CSNc1nc(-c2cc(C)c(=O)n(C)c2)nc2c1nc(C)n2Cc1ccc(F)cc1. The van der Waals surface area contributed by atoms with Gasteiger partial charge in [-0.3, -0.25) is 4.79 Å². The van der Waals surface area contributed by atoms with Gasteiger partial charge in [0.05, 0.1) is 6.54 Å². The fraction of sp³-hybridized carbons (Fsp3) is 0.238. The van der Waals surface area contributed by atoms with Crippen LogP contribution in [0.25, 0.3) is 22.6 Å². The number of nitrogens with one attached hydrogen (secondary N) is 1. The van der Waals surface area contributed by atoms with E-state index in [-0.39, 0.29) is 11.4 Å². The highest BCUT2D eigenvalue weighted by Gasteiger charge is 2.18. The van der Waals surface area contributed by atoms with Gasteiger partial charge >= 0.3 is 0 Å². The van der Waals surface area contributed by atoms with Crippen molar-refractivity contribution in [3.05, 3.63) is 69.7 Å². The Morgan fingerprint density at radius 3 is 2.53 bits per heavy atom. The smallest absolute Gasteiger partial charge is 0.253 e. The minimum absolute atomic E-state index is 0.0560. The van der Waals surface area contributed by atoms with Crippen molar-refractivity contribution in [2.75, 3.05) is 11.0 Å². The van der Waals surface area contributed by atoms with Crippen molar-refractivity contribution in [2.45, 2.75) is 20.4 Å². The average Bonchev–Trinajstić information content (AvgIpc) is 3.03. The first kappa shape index (κ1) is 20.1. The molecular weight excluding hydrogens is 403 g/mol. The molecule has 0 amide bonds. The van der Waals surface area contributed by atoms with Gasteiger partial charge in [0, 0.05) is 30.6 Å². The molecular formula is C21H21FN6OS. The molecule has 154 valence electrons. The number of aromatic nitrogens is 5. The van der Waals surface area contributed by atoms with Crippen LogP contribution in [-0.4, -0.2) is 30.3 Å². The number of halogens is 1. The van der Waals surface area contributed by atoms with Crippen molar-refractivity contribution in [1.29, 1.82) is 0 Å². The van der Waals surface area contributed by atoms with Crippen LogP contribution in [0.4, 0.5) is 10.2 Å².